The summed E-state index contributed by atoms with van der Waals surface area (Å²) in [6, 6.07) is 21.5. The molecule has 0 aliphatic carbocycles. The fraction of sp³-hybridized carbons (Fsp3) is 0.385. The van der Waals surface area contributed by atoms with Crippen molar-refractivity contribution in [3.63, 3.8) is 0 Å². The van der Waals surface area contributed by atoms with Crippen molar-refractivity contribution in [3.05, 3.63) is 95.6 Å². The van der Waals surface area contributed by atoms with Gasteiger partial charge in [-0.15, -0.1) is 11.6 Å². The number of aromatic nitrogens is 2. The van der Waals surface area contributed by atoms with Crippen LogP contribution in [0.25, 0.3) is 0 Å². The van der Waals surface area contributed by atoms with Crippen LogP contribution in [0.1, 0.15) is 67.5 Å². The minimum atomic E-state index is 0.0828. The average molecular weight is 407 g/mol. The summed E-state index contributed by atoms with van der Waals surface area (Å²) in [7, 11) is 0. The molecule has 0 aliphatic rings. The number of halogens is 1. The molecule has 2 aromatic carbocycles. The van der Waals surface area contributed by atoms with Crippen molar-refractivity contribution in [1.82, 2.24) is 9.97 Å². The van der Waals surface area contributed by atoms with Crippen molar-refractivity contribution in [2.75, 3.05) is 0 Å². The van der Waals surface area contributed by atoms with Crippen LogP contribution in [-0.2, 0) is 12.8 Å². The molecule has 0 spiro atoms. The number of alkyl halides is 1. The fourth-order valence-corrected chi connectivity index (χ4v) is 4.06. The van der Waals surface area contributed by atoms with E-state index in [2.05, 4.69) is 77.6 Å². The molecule has 0 radical (unpaired) electrons. The van der Waals surface area contributed by atoms with Crippen LogP contribution in [0.2, 0.25) is 0 Å². The molecular weight excluding hydrogens is 376 g/mol. The number of rotatable bonds is 11. The number of benzene rings is 2. The maximum absolute atomic E-state index is 6.72. The summed E-state index contributed by atoms with van der Waals surface area (Å²) >= 11 is 6.72. The maximum atomic E-state index is 6.72. The summed E-state index contributed by atoms with van der Waals surface area (Å²) in [5.74, 6) is 1.32. The van der Waals surface area contributed by atoms with Gasteiger partial charge in [0.15, 0.2) is 0 Å². The van der Waals surface area contributed by atoms with Crippen LogP contribution in [0.3, 0.4) is 0 Å². The molecule has 0 N–H and O–H groups in total. The molecule has 0 amide bonds. The summed E-state index contributed by atoms with van der Waals surface area (Å²) in [6.45, 7) is 2.21. The van der Waals surface area contributed by atoms with Crippen molar-refractivity contribution < 1.29 is 0 Å². The van der Waals surface area contributed by atoms with E-state index in [4.69, 9.17) is 11.6 Å². The van der Waals surface area contributed by atoms with Crippen molar-refractivity contribution in [1.29, 1.82) is 0 Å². The fourth-order valence-electron chi connectivity index (χ4n) is 3.75. The van der Waals surface area contributed by atoms with E-state index in [-0.39, 0.29) is 5.38 Å². The van der Waals surface area contributed by atoms with Gasteiger partial charge in [0.05, 0.1) is 0 Å². The SMILES string of the molecule is CCCCCc1ncc(CC(Cl)CCC(c2ccccc2)c2ccccc2)cn1. The molecule has 0 saturated heterocycles. The smallest absolute Gasteiger partial charge is 0.128 e. The highest BCUT2D eigenvalue weighted by atomic mass is 35.5. The van der Waals surface area contributed by atoms with Crippen LogP contribution < -0.4 is 0 Å². The zero-order chi connectivity index (χ0) is 20.3. The van der Waals surface area contributed by atoms with Gasteiger partial charge in [0.2, 0.25) is 0 Å². The second-order valence-corrected chi connectivity index (χ2v) is 8.33. The first kappa shape index (κ1) is 21.5. The molecule has 1 heterocycles. The van der Waals surface area contributed by atoms with E-state index in [1.54, 1.807) is 0 Å². The zero-order valence-electron chi connectivity index (χ0n) is 17.3. The summed E-state index contributed by atoms with van der Waals surface area (Å²) in [4.78, 5) is 9.05. The van der Waals surface area contributed by atoms with Gasteiger partial charge in [-0.05, 0) is 42.4 Å². The Morgan fingerprint density at radius 1 is 0.793 bits per heavy atom. The molecule has 2 nitrogen and oxygen atoms in total. The third-order valence-electron chi connectivity index (χ3n) is 5.39. The lowest BCUT2D eigenvalue weighted by Crippen LogP contribution is -2.09. The monoisotopic (exact) mass is 406 g/mol. The first-order valence-corrected chi connectivity index (χ1v) is 11.2. The lowest BCUT2D eigenvalue weighted by molar-refractivity contribution is 0.629. The molecule has 152 valence electrons. The molecule has 1 atom stereocenters. The highest BCUT2D eigenvalue weighted by Gasteiger charge is 2.16. The highest BCUT2D eigenvalue weighted by molar-refractivity contribution is 6.20. The molecule has 1 aromatic heterocycles. The van der Waals surface area contributed by atoms with Crippen LogP contribution >= 0.6 is 11.6 Å². The van der Waals surface area contributed by atoms with Gasteiger partial charge in [-0.2, -0.15) is 0 Å². The summed E-state index contributed by atoms with van der Waals surface area (Å²) < 4.78 is 0. The Morgan fingerprint density at radius 2 is 1.38 bits per heavy atom. The zero-order valence-corrected chi connectivity index (χ0v) is 18.1. The molecule has 3 rings (SSSR count). The van der Waals surface area contributed by atoms with Crippen LogP contribution in [0.15, 0.2) is 73.1 Å². The van der Waals surface area contributed by atoms with Crippen LogP contribution in [0.4, 0.5) is 0 Å². The first-order valence-electron chi connectivity index (χ1n) is 10.8. The second kappa shape index (κ2) is 11.7. The third-order valence-corrected chi connectivity index (χ3v) is 5.76. The van der Waals surface area contributed by atoms with Gasteiger partial charge >= 0.3 is 0 Å². The Morgan fingerprint density at radius 3 is 1.93 bits per heavy atom. The highest BCUT2D eigenvalue weighted by Crippen LogP contribution is 2.30. The topological polar surface area (TPSA) is 25.8 Å². The maximum Gasteiger partial charge on any atom is 0.128 e. The van der Waals surface area contributed by atoms with E-state index >= 15 is 0 Å². The van der Waals surface area contributed by atoms with Crippen molar-refractivity contribution in [2.45, 2.75) is 63.2 Å². The molecule has 0 aliphatic heterocycles. The molecular formula is C26H31ClN2. The van der Waals surface area contributed by atoms with Crippen LogP contribution in [-0.4, -0.2) is 15.3 Å². The molecule has 29 heavy (non-hydrogen) atoms. The quantitative estimate of drug-likeness (QED) is 0.254. The molecule has 0 bridgehead atoms. The minimum Gasteiger partial charge on any atom is -0.241 e. The molecule has 0 saturated carbocycles. The lowest BCUT2D eigenvalue weighted by atomic mass is 9.86. The standard InChI is InChI=1S/C26H31ClN2/c1-2-3-6-15-26-28-19-21(20-29-26)18-24(27)16-17-25(22-11-7-4-8-12-22)23-13-9-5-10-14-23/h4-5,7-14,19-20,24-25H,2-3,6,15-18H2,1H3. The number of hydrogen-bond donors (Lipinski definition) is 0. The Balaban J connectivity index is 1.57. The summed E-state index contributed by atoms with van der Waals surface area (Å²) in [5.41, 5.74) is 3.82. The largest absolute Gasteiger partial charge is 0.241 e. The van der Waals surface area contributed by atoms with Gasteiger partial charge < -0.3 is 0 Å². The van der Waals surface area contributed by atoms with Crippen LogP contribution in [0.5, 0.6) is 0 Å². The second-order valence-electron chi connectivity index (χ2n) is 7.72. The van der Waals surface area contributed by atoms with Crippen molar-refractivity contribution in [3.8, 4) is 0 Å². The van der Waals surface area contributed by atoms with Crippen molar-refractivity contribution >= 4 is 11.6 Å². The number of nitrogens with zero attached hydrogens (tertiary/aromatic N) is 2. The summed E-state index contributed by atoms with van der Waals surface area (Å²) in [5, 5.41) is 0.0828. The van der Waals surface area contributed by atoms with E-state index in [0.29, 0.717) is 5.92 Å². The minimum absolute atomic E-state index is 0.0828. The van der Waals surface area contributed by atoms with Gasteiger partial charge in [-0.1, -0.05) is 80.4 Å². The molecule has 1 unspecified atom stereocenters. The Hall–Kier alpha value is -2.19. The Bertz CT molecular complexity index is 779. The van der Waals surface area contributed by atoms with Gasteiger partial charge in [0.1, 0.15) is 5.82 Å². The van der Waals surface area contributed by atoms with Gasteiger partial charge in [-0.25, -0.2) is 9.97 Å². The van der Waals surface area contributed by atoms with E-state index in [9.17, 15) is 0 Å². The number of aryl methyl sites for hydroxylation is 1. The van der Waals surface area contributed by atoms with E-state index in [1.807, 2.05) is 12.4 Å². The van der Waals surface area contributed by atoms with Crippen molar-refractivity contribution in [2.24, 2.45) is 0 Å². The predicted molar refractivity (Wildman–Crippen MR) is 123 cm³/mol. The third kappa shape index (κ3) is 6.97. The van der Waals surface area contributed by atoms with E-state index < -0.39 is 0 Å². The average Bonchev–Trinajstić information content (AvgIpc) is 2.77. The number of unbranched alkanes of at least 4 members (excludes halogenated alkanes) is 2. The van der Waals surface area contributed by atoms with E-state index in [0.717, 1.165) is 43.5 Å². The normalized spacial score (nSPS) is 12.2. The van der Waals surface area contributed by atoms with Gasteiger partial charge in [-0.3, -0.25) is 0 Å². The molecule has 0 fully saturated rings. The summed E-state index contributed by atoms with van der Waals surface area (Å²) in [6.07, 6.45) is 11.3. The van der Waals surface area contributed by atoms with E-state index in [1.165, 1.54) is 24.0 Å². The van der Waals surface area contributed by atoms with Gasteiger partial charge in [0.25, 0.3) is 0 Å². The molecule has 3 aromatic rings. The van der Waals surface area contributed by atoms with Gasteiger partial charge in [0, 0.05) is 30.1 Å². The Kier molecular flexibility index (Phi) is 8.70. The first-order chi connectivity index (χ1) is 14.3. The lowest BCUT2D eigenvalue weighted by Gasteiger charge is -2.20. The predicted octanol–water partition coefficient (Wildman–Crippen LogP) is 6.97. The number of hydrogen-bond acceptors (Lipinski definition) is 2. The molecule has 3 heteroatoms. The van der Waals surface area contributed by atoms with Crippen LogP contribution in [0, 0.1) is 0 Å². The Labute approximate surface area is 180 Å².